The van der Waals surface area contributed by atoms with Gasteiger partial charge in [-0.2, -0.15) is 0 Å². The van der Waals surface area contributed by atoms with Crippen LogP contribution in [0.2, 0.25) is 0 Å². The number of carbonyl (C=O) groups is 2. The number of hydrogen-bond acceptors (Lipinski definition) is 2. The molecule has 0 unspecified atom stereocenters. The Labute approximate surface area is 144 Å². The standard InChI is InChI=1S/C18H19F2N3O2/c1-11(15-7-6-13(19)9-16(15)20)22-10-17(24)23-14-5-3-4-12(8-14)18(25)21-2/h3-9,11,22H,10H2,1-2H3,(H,21,25)(H,23,24)/p+1/t11-/m1/s1. The molecule has 0 saturated heterocycles. The summed E-state index contributed by atoms with van der Waals surface area (Å²) in [7, 11) is 1.53. The summed E-state index contributed by atoms with van der Waals surface area (Å²) in [6.45, 7) is 1.79. The Bertz CT molecular complexity index is 781. The lowest BCUT2D eigenvalue weighted by molar-refractivity contribution is -0.682. The van der Waals surface area contributed by atoms with Gasteiger partial charge >= 0.3 is 0 Å². The van der Waals surface area contributed by atoms with Gasteiger partial charge in [-0.15, -0.1) is 0 Å². The van der Waals surface area contributed by atoms with Crippen LogP contribution < -0.4 is 16.0 Å². The number of rotatable bonds is 6. The van der Waals surface area contributed by atoms with Crippen molar-refractivity contribution < 1.29 is 23.7 Å². The van der Waals surface area contributed by atoms with Gasteiger partial charge in [-0.1, -0.05) is 6.07 Å². The van der Waals surface area contributed by atoms with Crippen LogP contribution in [0.3, 0.4) is 0 Å². The molecule has 0 saturated carbocycles. The zero-order chi connectivity index (χ0) is 18.4. The van der Waals surface area contributed by atoms with Crippen LogP contribution in [0.4, 0.5) is 14.5 Å². The average Bonchev–Trinajstić information content (AvgIpc) is 2.59. The van der Waals surface area contributed by atoms with Crippen molar-refractivity contribution in [1.29, 1.82) is 0 Å². The van der Waals surface area contributed by atoms with E-state index < -0.39 is 11.6 Å². The highest BCUT2D eigenvalue weighted by Gasteiger charge is 2.16. The third kappa shape index (κ3) is 5.09. The van der Waals surface area contributed by atoms with Gasteiger partial charge in [-0.25, -0.2) is 8.78 Å². The van der Waals surface area contributed by atoms with Crippen LogP contribution in [0, 0.1) is 11.6 Å². The summed E-state index contributed by atoms with van der Waals surface area (Å²) in [5.74, 6) is -1.81. The Hall–Kier alpha value is -2.80. The number of nitrogens with one attached hydrogen (secondary N) is 2. The number of quaternary nitrogens is 1. The topological polar surface area (TPSA) is 74.8 Å². The lowest BCUT2D eigenvalue weighted by atomic mass is 10.1. The molecular formula is C18H20F2N3O2+. The fourth-order valence-corrected chi connectivity index (χ4v) is 2.38. The number of nitrogens with two attached hydrogens (primary N) is 1. The highest BCUT2D eigenvalue weighted by molar-refractivity contribution is 5.97. The van der Waals surface area contributed by atoms with Crippen LogP contribution in [-0.4, -0.2) is 25.4 Å². The van der Waals surface area contributed by atoms with Gasteiger partial charge < -0.3 is 16.0 Å². The van der Waals surface area contributed by atoms with Crippen molar-refractivity contribution in [1.82, 2.24) is 5.32 Å². The summed E-state index contributed by atoms with van der Waals surface area (Å²) < 4.78 is 26.7. The zero-order valence-corrected chi connectivity index (χ0v) is 14.0. The molecular weight excluding hydrogens is 328 g/mol. The van der Waals surface area contributed by atoms with Crippen LogP contribution in [0.1, 0.15) is 28.9 Å². The normalized spacial score (nSPS) is 11.7. The van der Waals surface area contributed by atoms with E-state index in [1.54, 1.807) is 36.5 Å². The lowest BCUT2D eigenvalue weighted by Gasteiger charge is -2.12. The molecule has 2 rings (SSSR count). The average molecular weight is 348 g/mol. The third-order valence-corrected chi connectivity index (χ3v) is 3.75. The van der Waals surface area contributed by atoms with Gasteiger partial charge in [-0.05, 0) is 37.3 Å². The largest absolute Gasteiger partial charge is 0.355 e. The van der Waals surface area contributed by atoms with Crippen molar-refractivity contribution >= 4 is 17.5 Å². The van der Waals surface area contributed by atoms with Crippen molar-refractivity contribution in [3.63, 3.8) is 0 Å². The van der Waals surface area contributed by atoms with E-state index in [1.165, 1.54) is 19.2 Å². The fourth-order valence-electron chi connectivity index (χ4n) is 2.38. The molecule has 5 nitrogen and oxygen atoms in total. The highest BCUT2D eigenvalue weighted by Crippen LogP contribution is 2.14. The van der Waals surface area contributed by atoms with Crippen LogP contribution in [0.25, 0.3) is 0 Å². The van der Waals surface area contributed by atoms with Crippen molar-refractivity contribution in [3.8, 4) is 0 Å². The molecule has 0 aliphatic rings. The van der Waals surface area contributed by atoms with E-state index in [1.807, 2.05) is 0 Å². The number of carbonyl (C=O) groups excluding carboxylic acids is 2. The first-order chi connectivity index (χ1) is 11.9. The van der Waals surface area contributed by atoms with Crippen molar-refractivity contribution in [3.05, 3.63) is 65.2 Å². The fraction of sp³-hybridized carbons (Fsp3) is 0.222. The van der Waals surface area contributed by atoms with Crippen LogP contribution >= 0.6 is 0 Å². The molecule has 4 N–H and O–H groups in total. The number of halogens is 2. The summed E-state index contributed by atoms with van der Waals surface area (Å²) in [4.78, 5) is 23.6. The Morgan fingerprint density at radius 3 is 2.60 bits per heavy atom. The SMILES string of the molecule is CNC(=O)c1cccc(NC(=O)C[NH2+][C@H](C)c2ccc(F)cc2F)c1. The highest BCUT2D eigenvalue weighted by atomic mass is 19.1. The minimum absolute atomic E-state index is 0.0577. The Balaban J connectivity index is 1.93. The van der Waals surface area contributed by atoms with Crippen molar-refractivity contribution in [2.75, 3.05) is 18.9 Å². The quantitative estimate of drug-likeness (QED) is 0.742. The smallest absolute Gasteiger partial charge is 0.279 e. The number of benzene rings is 2. The van der Waals surface area contributed by atoms with Crippen molar-refractivity contribution in [2.45, 2.75) is 13.0 Å². The molecule has 0 spiro atoms. The molecule has 2 amide bonds. The number of anilines is 1. The molecule has 0 aromatic heterocycles. The van der Waals surface area contributed by atoms with Crippen LogP contribution in [0.5, 0.6) is 0 Å². The maximum Gasteiger partial charge on any atom is 0.279 e. The minimum Gasteiger partial charge on any atom is -0.355 e. The maximum absolute atomic E-state index is 13.7. The molecule has 0 radical (unpaired) electrons. The summed E-state index contributed by atoms with van der Waals surface area (Å²) in [6.07, 6.45) is 0. The second kappa shape index (κ2) is 8.34. The predicted molar refractivity (Wildman–Crippen MR) is 90.0 cm³/mol. The van der Waals surface area contributed by atoms with E-state index in [0.717, 1.165) is 6.07 Å². The first kappa shape index (κ1) is 18.5. The molecule has 0 aliphatic carbocycles. The molecule has 0 heterocycles. The molecule has 2 aromatic carbocycles. The number of amides is 2. The van der Waals surface area contributed by atoms with E-state index in [4.69, 9.17) is 0 Å². The summed E-state index contributed by atoms with van der Waals surface area (Å²) in [5, 5.41) is 6.84. The molecule has 2 aromatic rings. The van der Waals surface area contributed by atoms with Gasteiger partial charge in [0, 0.05) is 29.9 Å². The van der Waals surface area contributed by atoms with E-state index in [0.29, 0.717) is 16.8 Å². The van der Waals surface area contributed by atoms with Gasteiger partial charge in [0.25, 0.3) is 11.8 Å². The lowest BCUT2D eigenvalue weighted by Crippen LogP contribution is -2.86. The summed E-state index contributed by atoms with van der Waals surface area (Å²) in [5.41, 5.74) is 1.27. The maximum atomic E-state index is 13.7. The second-order valence-electron chi connectivity index (χ2n) is 5.60. The first-order valence-corrected chi connectivity index (χ1v) is 7.81. The number of hydrogen-bond donors (Lipinski definition) is 3. The van der Waals surface area contributed by atoms with E-state index in [9.17, 15) is 18.4 Å². The molecule has 0 aliphatic heterocycles. The monoisotopic (exact) mass is 348 g/mol. The first-order valence-electron chi connectivity index (χ1n) is 7.81. The van der Waals surface area contributed by atoms with E-state index in [2.05, 4.69) is 10.6 Å². The molecule has 132 valence electrons. The Morgan fingerprint density at radius 1 is 1.16 bits per heavy atom. The molecule has 0 bridgehead atoms. The minimum atomic E-state index is -0.637. The van der Waals surface area contributed by atoms with Crippen LogP contribution in [-0.2, 0) is 4.79 Å². The third-order valence-electron chi connectivity index (χ3n) is 3.75. The summed E-state index contributed by atoms with van der Waals surface area (Å²) >= 11 is 0. The summed E-state index contributed by atoms with van der Waals surface area (Å²) in [6, 6.07) is 9.59. The second-order valence-corrected chi connectivity index (χ2v) is 5.60. The van der Waals surface area contributed by atoms with E-state index >= 15 is 0 Å². The van der Waals surface area contributed by atoms with Gasteiger partial charge in [0.05, 0.1) is 0 Å². The Morgan fingerprint density at radius 2 is 1.92 bits per heavy atom. The molecule has 0 fully saturated rings. The predicted octanol–water partition coefficient (Wildman–Crippen LogP) is 1.59. The van der Waals surface area contributed by atoms with Gasteiger partial charge in [-0.3, -0.25) is 9.59 Å². The molecule has 25 heavy (non-hydrogen) atoms. The molecule has 1 atom stereocenters. The zero-order valence-electron chi connectivity index (χ0n) is 14.0. The van der Waals surface area contributed by atoms with E-state index in [-0.39, 0.29) is 24.4 Å². The van der Waals surface area contributed by atoms with Gasteiger partial charge in [0.15, 0.2) is 6.54 Å². The Kier molecular flexibility index (Phi) is 6.19. The van der Waals surface area contributed by atoms with Crippen LogP contribution in [0.15, 0.2) is 42.5 Å². The van der Waals surface area contributed by atoms with Gasteiger partial charge in [0.1, 0.15) is 17.7 Å². The van der Waals surface area contributed by atoms with Crippen molar-refractivity contribution in [2.24, 2.45) is 0 Å². The van der Waals surface area contributed by atoms with Gasteiger partial charge in [0.2, 0.25) is 0 Å². The molecule has 7 heteroatoms.